The Bertz CT molecular complexity index is 953. The number of benzene rings is 2. The smallest absolute Gasteiger partial charge is 0.338 e. The lowest BCUT2D eigenvalue weighted by Crippen LogP contribution is -2.18. The van der Waals surface area contributed by atoms with Crippen LogP contribution in [-0.4, -0.2) is 23.7 Å². The summed E-state index contributed by atoms with van der Waals surface area (Å²) in [4.78, 5) is 16.8. The van der Waals surface area contributed by atoms with E-state index in [2.05, 4.69) is 11.9 Å². The number of ether oxygens (including phenoxy) is 2. The van der Waals surface area contributed by atoms with Gasteiger partial charge in [0.15, 0.2) is 0 Å². The maximum Gasteiger partial charge on any atom is 0.338 e. The first-order valence-electron chi connectivity index (χ1n) is 11.3. The van der Waals surface area contributed by atoms with Crippen molar-refractivity contribution in [1.29, 1.82) is 0 Å². The minimum Gasteiger partial charge on any atom is -0.490 e. The summed E-state index contributed by atoms with van der Waals surface area (Å²) in [6, 6.07) is 23.0. The van der Waals surface area contributed by atoms with Crippen molar-refractivity contribution in [2.24, 2.45) is 0 Å². The third-order valence-electron chi connectivity index (χ3n) is 5.14. The summed E-state index contributed by atoms with van der Waals surface area (Å²) >= 11 is 0. The Morgan fingerprint density at radius 1 is 0.938 bits per heavy atom. The van der Waals surface area contributed by atoms with Crippen molar-refractivity contribution in [3.05, 3.63) is 96.7 Å². The molecule has 0 amide bonds. The number of esters is 1. The summed E-state index contributed by atoms with van der Waals surface area (Å²) in [5.41, 5.74) is 2.59. The monoisotopic (exact) mass is 429 g/mol. The zero-order valence-corrected chi connectivity index (χ0v) is 18.7. The maximum absolute atomic E-state index is 12.4. The first-order chi connectivity index (χ1) is 15.8. The second-order valence-corrected chi connectivity index (χ2v) is 7.65. The van der Waals surface area contributed by atoms with Crippen LogP contribution in [0.1, 0.15) is 49.4 Å². The van der Waals surface area contributed by atoms with Crippen molar-refractivity contribution in [3.63, 3.8) is 0 Å². The number of aromatic nitrogens is 1. The topological polar surface area (TPSA) is 48.4 Å². The van der Waals surface area contributed by atoms with Gasteiger partial charge in [-0.15, -0.1) is 0 Å². The van der Waals surface area contributed by atoms with Crippen LogP contribution in [-0.2, 0) is 4.74 Å². The van der Waals surface area contributed by atoms with E-state index in [4.69, 9.17) is 9.47 Å². The van der Waals surface area contributed by atoms with E-state index < -0.39 is 0 Å². The molecule has 2 aromatic carbocycles. The molecule has 1 heterocycles. The van der Waals surface area contributed by atoms with Gasteiger partial charge in [-0.1, -0.05) is 56.2 Å². The fraction of sp³-hybridized carbons (Fsp3) is 0.286. The summed E-state index contributed by atoms with van der Waals surface area (Å²) < 4.78 is 11.6. The van der Waals surface area contributed by atoms with E-state index in [-0.39, 0.29) is 12.1 Å². The van der Waals surface area contributed by atoms with Gasteiger partial charge in [0.1, 0.15) is 18.5 Å². The highest BCUT2D eigenvalue weighted by Gasteiger charge is 2.14. The SMILES string of the molecule is CCCCCC(C/C=C/COc1ccc(-c2ccccn2)cc1)OC(=O)c1ccccc1. The Morgan fingerprint density at radius 3 is 2.44 bits per heavy atom. The molecule has 1 unspecified atom stereocenters. The Kier molecular flexibility index (Phi) is 9.53. The van der Waals surface area contributed by atoms with Gasteiger partial charge in [0.25, 0.3) is 0 Å². The second kappa shape index (κ2) is 13.1. The van der Waals surface area contributed by atoms with Crippen molar-refractivity contribution in [2.45, 2.75) is 45.1 Å². The van der Waals surface area contributed by atoms with E-state index in [1.165, 1.54) is 0 Å². The average molecular weight is 430 g/mol. The van der Waals surface area contributed by atoms with Crippen molar-refractivity contribution in [1.82, 2.24) is 4.98 Å². The summed E-state index contributed by atoms with van der Waals surface area (Å²) in [5, 5.41) is 0. The second-order valence-electron chi connectivity index (χ2n) is 7.65. The van der Waals surface area contributed by atoms with E-state index >= 15 is 0 Å². The molecule has 0 N–H and O–H groups in total. The molecule has 0 saturated carbocycles. The van der Waals surface area contributed by atoms with Gasteiger partial charge >= 0.3 is 5.97 Å². The molecule has 0 fully saturated rings. The lowest BCUT2D eigenvalue weighted by Gasteiger charge is -2.16. The lowest BCUT2D eigenvalue weighted by atomic mass is 10.1. The molecule has 0 aliphatic carbocycles. The summed E-state index contributed by atoms with van der Waals surface area (Å²) in [6.45, 7) is 2.64. The molecule has 0 aliphatic heterocycles. The minimum absolute atomic E-state index is 0.122. The van der Waals surface area contributed by atoms with Gasteiger partial charge in [-0.2, -0.15) is 0 Å². The van der Waals surface area contributed by atoms with Crippen LogP contribution >= 0.6 is 0 Å². The van der Waals surface area contributed by atoms with Crippen molar-refractivity contribution in [3.8, 4) is 17.0 Å². The van der Waals surface area contributed by atoms with Crippen LogP contribution in [0, 0.1) is 0 Å². The zero-order chi connectivity index (χ0) is 22.4. The lowest BCUT2D eigenvalue weighted by molar-refractivity contribution is 0.0283. The maximum atomic E-state index is 12.4. The zero-order valence-electron chi connectivity index (χ0n) is 18.7. The van der Waals surface area contributed by atoms with Crippen LogP contribution < -0.4 is 4.74 Å². The minimum atomic E-state index is -0.259. The summed E-state index contributed by atoms with van der Waals surface area (Å²) in [6.07, 6.45) is 10.6. The predicted molar refractivity (Wildman–Crippen MR) is 129 cm³/mol. The molecule has 1 aromatic heterocycles. The number of pyridine rings is 1. The van der Waals surface area contributed by atoms with Crippen LogP contribution in [0.5, 0.6) is 5.75 Å². The van der Waals surface area contributed by atoms with Gasteiger partial charge in [-0.05, 0) is 61.4 Å². The van der Waals surface area contributed by atoms with E-state index in [9.17, 15) is 4.79 Å². The van der Waals surface area contributed by atoms with Crippen LogP contribution in [0.25, 0.3) is 11.3 Å². The van der Waals surface area contributed by atoms with E-state index in [0.717, 1.165) is 42.7 Å². The Labute approximate surface area is 190 Å². The quantitative estimate of drug-likeness (QED) is 0.179. The number of hydrogen-bond acceptors (Lipinski definition) is 4. The third kappa shape index (κ3) is 7.69. The molecule has 166 valence electrons. The average Bonchev–Trinajstić information content (AvgIpc) is 2.85. The van der Waals surface area contributed by atoms with Crippen LogP contribution in [0.2, 0.25) is 0 Å². The van der Waals surface area contributed by atoms with Gasteiger partial charge < -0.3 is 9.47 Å². The molecule has 0 radical (unpaired) electrons. The fourth-order valence-corrected chi connectivity index (χ4v) is 3.36. The number of nitrogens with zero attached hydrogens (tertiary/aromatic N) is 1. The van der Waals surface area contributed by atoms with Gasteiger partial charge in [0.05, 0.1) is 11.3 Å². The van der Waals surface area contributed by atoms with Gasteiger partial charge in [0, 0.05) is 18.2 Å². The highest BCUT2D eigenvalue weighted by atomic mass is 16.5. The van der Waals surface area contributed by atoms with E-state index in [1.807, 2.05) is 72.8 Å². The fourth-order valence-electron chi connectivity index (χ4n) is 3.36. The first-order valence-corrected chi connectivity index (χ1v) is 11.3. The Balaban J connectivity index is 1.47. The normalized spacial score (nSPS) is 11.9. The molecule has 3 rings (SSSR count). The number of hydrogen-bond donors (Lipinski definition) is 0. The van der Waals surface area contributed by atoms with Crippen molar-refractivity contribution >= 4 is 5.97 Å². The summed E-state index contributed by atoms with van der Waals surface area (Å²) in [5.74, 6) is 0.550. The number of carbonyl (C=O) groups excluding carboxylic acids is 1. The standard InChI is InChI=1S/C28H31NO3/c1-2-3-5-14-26(32-28(30)24-12-6-4-7-13-24)15-9-11-22-31-25-19-17-23(18-20-25)27-16-8-10-21-29-27/h4,6-13,16-21,26H,2-3,5,14-15,22H2,1H3/b11-9+. The molecular formula is C28H31NO3. The molecule has 1 atom stereocenters. The molecule has 4 nitrogen and oxygen atoms in total. The Hall–Kier alpha value is -3.40. The summed E-state index contributed by atoms with van der Waals surface area (Å²) in [7, 11) is 0. The molecule has 32 heavy (non-hydrogen) atoms. The van der Waals surface area contributed by atoms with Crippen molar-refractivity contribution in [2.75, 3.05) is 6.61 Å². The predicted octanol–water partition coefficient (Wildman–Crippen LogP) is 6.88. The highest BCUT2D eigenvalue weighted by molar-refractivity contribution is 5.89. The number of carbonyl (C=O) groups is 1. The molecule has 0 aliphatic rings. The van der Waals surface area contributed by atoms with Crippen LogP contribution in [0.15, 0.2) is 91.1 Å². The molecule has 3 aromatic rings. The van der Waals surface area contributed by atoms with Crippen LogP contribution in [0.4, 0.5) is 0 Å². The molecular weight excluding hydrogens is 398 g/mol. The Morgan fingerprint density at radius 2 is 1.72 bits per heavy atom. The number of rotatable bonds is 12. The molecule has 0 saturated heterocycles. The molecule has 0 spiro atoms. The number of unbranched alkanes of at least 4 members (excludes halogenated alkanes) is 2. The molecule has 4 heteroatoms. The first kappa shape index (κ1) is 23.3. The van der Waals surface area contributed by atoms with Gasteiger partial charge in [-0.3, -0.25) is 4.98 Å². The largest absolute Gasteiger partial charge is 0.490 e. The van der Waals surface area contributed by atoms with Gasteiger partial charge in [-0.25, -0.2) is 4.79 Å². The highest BCUT2D eigenvalue weighted by Crippen LogP contribution is 2.20. The van der Waals surface area contributed by atoms with E-state index in [0.29, 0.717) is 18.6 Å². The molecule has 0 bridgehead atoms. The van der Waals surface area contributed by atoms with Crippen LogP contribution in [0.3, 0.4) is 0 Å². The van der Waals surface area contributed by atoms with E-state index in [1.54, 1.807) is 18.3 Å². The van der Waals surface area contributed by atoms with Crippen molar-refractivity contribution < 1.29 is 14.3 Å². The third-order valence-corrected chi connectivity index (χ3v) is 5.14. The van der Waals surface area contributed by atoms with Gasteiger partial charge in [0.2, 0.25) is 0 Å².